The van der Waals surface area contributed by atoms with Gasteiger partial charge in [0.15, 0.2) is 0 Å². The summed E-state index contributed by atoms with van der Waals surface area (Å²) in [4.78, 5) is 11.9. The molecule has 0 heterocycles. The molecule has 0 saturated heterocycles. The molecule has 0 atom stereocenters. The number of rotatable bonds is 4. The van der Waals surface area contributed by atoms with Crippen molar-refractivity contribution in [1.82, 2.24) is 0 Å². The molecular formula is C24H20F6O4. The smallest absolute Gasteiger partial charge is 0.416 e. The van der Waals surface area contributed by atoms with Gasteiger partial charge in [0.05, 0.1) is 23.3 Å². The number of alkyl halides is 6. The maximum absolute atomic E-state index is 12.7. The standard InChI is InChI=1S/C16H13F3O2.C8H7F3O2/c1-11-7-13(9-14(8-11)16(17,18)19)15(20)21-10-12-5-3-2-4-6-12;9-8(10,11)6-1-5(4-12)2-7(13)3-6/h2-9H,10H2,1H3;1-3,12-13H,4H2. The van der Waals surface area contributed by atoms with Crippen molar-refractivity contribution in [3.63, 3.8) is 0 Å². The van der Waals surface area contributed by atoms with Crippen LogP contribution in [0.1, 0.15) is 38.2 Å². The number of phenolic OH excluding ortho intramolecular Hbond substituents is 1. The fraction of sp³-hybridized carbons (Fsp3) is 0.208. The molecule has 0 aliphatic carbocycles. The highest BCUT2D eigenvalue weighted by molar-refractivity contribution is 5.89. The van der Waals surface area contributed by atoms with Crippen molar-refractivity contribution in [2.75, 3.05) is 0 Å². The predicted octanol–water partition coefficient (Wildman–Crippen LogP) is 6.27. The van der Waals surface area contributed by atoms with E-state index >= 15 is 0 Å². The molecule has 182 valence electrons. The van der Waals surface area contributed by atoms with Gasteiger partial charge in [0.2, 0.25) is 0 Å². The summed E-state index contributed by atoms with van der Waals surface area (Å²) in [6, 6.07) is 14.6. The average Bonchev–Trinajstić information content (AvgIpc) is 2.76. The Bertz CT molecular complexity index is 1110. The second kappa shape index (κ2) is 11.1. The Balaban J connectivity index is 0.000000270. The molecule has 34 heavy (non-hydrogen) atoms. The maximum atomic E-state index is 12.7. The predicted molar refractivity (Wildman–Crippen MR) is 111 cm³/mol. The van der Waals surface area contributed by atoms with Gasteiger partial charge in [-0.2, -0.15) is 26.3 Å². The fourth-order valence-electron chi connectivity index (χ4n) is 2.80. The van der Waals surface area contributed by atoms with Crippen molar-refractivity contribution < 1.29 is 46.1 Å². The highest BCUT2D eigenvalue weighted by Crippen LogP contribution is 2.32. The third-order valence-corrected chi connectivity index (χ3v) is 4.34. The average molecular weight is 486 g/mol. The number of carbonyl (C=O) groups is 1. The Labute approximate surface area is 191 Å². The molecule has 0 spiro atoms. The second-order valence-electron chi connectivity index (χ2n) is 7.19. The molecule has 0 aliphatic heterocycles. The molecule has 2 N–H and O–H groups in total. The number of phenols is 1. The first-order valence-electron chi connectivity index (χ1n) is 9.70. The zero-order valence-corrected chi connectivity index (χ0v) is 17.7. The van der Waals surface area contributed by atoms with E-state index in [2.05, 4.69) is 0 Å². The van der Waals surface area contributed by atoms with Gasteiger partial charge in [-0.1, -0.05) is 30.3 Å². The third kappa shape index (κ3) is 8.11. The molecule has 0 bridgehead atoms. The van der Waals surface area contributed by atoms with Gasteiger partial charge in [0, 0.05) is 0 Å². The van der Waals surface area contributed by atoms with Crippen LogP contribution in [0.2, 0.25) is 0 Å². The lowest BCUT2D eigenvalue weighted by molar-refractivity contribution is -0.138. The van der Waals surface area contributed by atoms with Crippen molar-refractivity contribution in [3.05, 3.63) is 100 Å². The molecule has 3 aromatic rings. The topological polar surface area (TPSA) is 66.8 Å². The molecular weight excluding hydrogens is 466 g/mol. The Hall–Kier alpha value is -3.53. The lowest BCUT2D eigenvalue weighted by Gasteiger charge is -2.10. The van der Waals surface area contributed by atoms with Crippen LogP contribution in [0.5, 0.6) is 5.75 Å². The Morgan fingerprint density at radius 3 is 1.97 bits per heavy atom. The number of hydrogen-bond donors (Lipinski definition) is 2. The summed E-state index contributed by atoms with van der Waals surface area (Å²) in [6.07, 6.45) is -8.98. The highest BCUT2D eigenvalue weighted by Gasteiger charge is 2.32. The Morgan fingerprint density at radius 2 is 1.41 bits per heavy atom. The monoisotopic (exact) mass is 486 g/mol. The van der Waals surface area contributed by atoms with Crippen molar-refractivity contribution in [2.45, 2.75) is 32.5 Å². The lowest BCUT2D eigenvalue weighted by Crippen LogP contribution is -2.10. The molecule has 4 nitrogen and oxygen atoms in total. The van der Waals surface area contributed by atoms with Crippen LogP contribution in [0, 0.1) is 6.92 Å². The first-order valence-corrected chi connectivity index (χ1v) is 9.70. The van der Waals surface area contributed by atoms with Crippen LogP contribution in [-0.2, 0) is 30.3 Å². The molecule has 0 aliphatic rings. The van der Waals surface area contributed by atoms with Crippen molar-refractivity contribution in [2.24, 2.45) is 0 Å². The molecule has 0 saturated carbocycles. The number of carbonyl (C=O) groups excluding carboxylic acids is 1. The molecule has 3 rings (SSSR count). The lowest BCUT2D eigenvalue weighted by atomic mass is 10.1. The molecule has 0 unspecified atom stereocenters. The van der Waals surface area contributed by atoms with Gasteiger partial charge in [-0.15, -0.1) is 0 Å². The molecule has 0 radical (unpaired) electrons. The van der Waals surface area contributed by atoms with E-state index in [0.717, 1.165) is 29.8 Å². The largest absolute Gasteiger partial charge is 0.508 e. The number of esters is 1. The van der Waals surface area contributed by atoms with Gasteiger partial charge in [0.1, 0.15) is 12.4 Å². The third-order valence-electron chi connectivity index (χ3n) is 4.34. The Morgan fingerprint density at radius 1 is 0.824 bits per heavy atom. The van der Waals surface area contributed by atoms with Gasteiger partial charge in [-0.25, -0.2) is 4.79 Å². The molecule has 3 aromatic carbocycles. The highest BCUT2D eigenvalue weighted by atomic mass is 19.4. The summed E-state index contributed by atoms with van der Waals surface area (Å²) < 4.78 is 79.4. The summed E-state index contributed by atoms with van der Waals surface area (Å²) in [6.45, 7) is 0.996. The van der Waals surface area contributed by atoms with E-state index in [1.54, 1.807) is 24.3 Å². The first kappa shape index (κ1) is 26.7. The summed E-state index contributed by atoms with van der Waals surface area (Å²) in [5, 5.41) is 17.5. The minimum Gasteiger partial charge on any atom is -0.508 e. The number of ether oxygens (including phenoxy) is 1. The minimum atomic E-state index is -4.50. The van der Waals surface area contributed by atoms with Crippen molar-refractivity contribution >= 4 is 5.97 Å². The van der Waals surface area contributed by atoms with E-state index in [-0.39, 0.29) is 17.7 Å². The van der Waals surface area contributed by atoms with Gasteiger partial charge < -0.3 is 14.9 Å². The van der Waals surface area contributed by atoms with Gasteiger partial charge in [-0.05, 0) is 60.0 Å². The number of aromatic hydroxyl groups is 1. The molecule has 0 fully saturated rings. The van der Waals surface area contributed by atoms with Crippen LogP contribution >= 0.6 is 0 Å². The number of aliphatic hydroxyl groups is 1. The van der Waals surface area contributed by atoms with Crippen LogP contribution in [0.4, 0.5) is 26.3 Å². The minimum absolute atomic E-state index is 0.0228. The summed E-state index contributed by atoms with van der Waals surface area (Å²) in [7, 11) is 0. The zero-order chi connectivity index (χ0) is 25.5. The number of aryl methyl sites for hydroxylation is 1. The molecule has 0 aromatic heterocycles. The number of halogens is 6. The summed E-state index contributed by atoms with van der Waals surface area (Å²) in [5.74, 6) is -1.27. The maximum Gasteiger partial charge on any atom is 0.416 e. The Kier molecular flexibility index (Phi) is 8.69. The summed E-state index contributed by atoms with van der Waals surface area (Å²) >= 11 is 0. The molecule has 10 heteroatoms. The van der Waals surface area contributed by atoms with Crippen LogP contribution < -0.4 is 0 Å². The zero-order valence-electron chi connectivity index (χ0n) is 17.7. The second-order valence-corrected chi connectivity index (χ2v) is 7.19. The van der Waals surface area contributed by atoms with Crippen LogP contribution in [0.15, 0.2) is 66.7 Å². The van der Waals surface area contributed by atoms with Crippen LogP contribution in [0.3, 0.4) is 0 Å². The summed E-state index contributed by atoms with van der Waals surface area (Å²) in [5.41, 5.74) is -0.748. The van der Waals surface area contributed by atoms with E-state index in [1.165, 1.54) is 13.0 Å². The quantitative estimate of drug-likeness (QED) is 0.337. The van der Waals surface area contributed by atoms with Crippen LogP contribution in [0.25, 0.3) is 0 Å². The normalized spacial score (nSPS) is 11.4. The fourth-order valence-corrected chi connectivity index (χ4v) is 2.80. The number of benzene rings is 3. The van der Waals surface area contributed by atoms with E-state index in [4.69, 9.17) is 14.9 Å². The number of aliphatic hydroxyl groups excluding tert-OH is 1. The van der Waals surface area contributed by atoms with Crippen LogP contribution in [-0.4, -0.2) is 16.2 Å². The van der Waals surface area contributed by atoms with Crippen molar-refractivity contribution in [3.8, 4) is 5.75 Å². The van der Waals surface area contributed by atoms with E-state index < -0.39 is 41.8 Å². The first-order chi connectivity index (χ1) is 15.8. The van der Waals surface area contributed by atoms with E-state index in [0.29, 0.717) is 11.6 Å². The van der Waals surface area contributed by atoms with Gasteiger partial charge in [-0.3, -0.25) is 0 Å². The van der Waals surface area contributed by atoms with Gasteiger partial charge in [0.25, 0.3) is 0 Å². The van der Waals surface area contributed by atoms with E-state index in [9.17, 15) is 31.1 Å². The van der Waals surface area contributed by atoms with Crippen molar-refractivity contribution in [1.29, 1.82) is 0 Å². The SMILES string of the molecule is Cc1cc(C(=O)OCc2ccccc2)cc(C(F)(F)F)c1.OCc1cc(O)cc(C(F)(F)F)c1. The molecule has 0 amide bonds. The van der Waals surface area contributed by atoms with Gasteiger partial charge >= 0.3 is 18.3 Å². The number of hydrogen-bond acceptors (Lipinski definition) is 4. The van der Waals surface area contributed by atoms with E-state index in [1.807, 2.05) is 6.07 Å².